The van der Waals surface area contributed by atoms with Gasteiger partial charge in [-0.05, 0) is 30.5 Å². The average Bonchev–Trinajstić information content (AvgIpc) is 3.01. The van der Waals surface area contributed by atoms with Gasteiger partial charge in [-0.3, -0.25) is 9.59 Å². The molecule has 0 bridgehead atoms. The second kappa shape index (κ2) is 4.66. The first kappa shape index (κ1) is 14.4. The van der Waals surface area contributed by atoms with Gasteiger partial charge in [-0.25, -0.2) is 0 Å². The predicted molar refractivity (Wildman–Crippen MR) is 86.7 cm³/mol. The number of carbonyl (C=O) groups is 2. The van der Waals surface area contributed by atoms with Crippen molar-refractivity contribution >= 4 is 29.0 Å². The maximum absolute atomic E-state index is 12.7. The number of rotatable bonds is 1. The predicted octanol–water partition coefficient (Wildman–Crippen LogP) is 2.84. The van der Waals surface area contributed by atoms with Gasteiger partial charge in [0.1, 0.15) is 0 Å². The van der Waals surface area contributed by atoms with Crippen LogP contribution in [0.1, 0.15) is 27.0 Å². The average molecular weight is 328 g/mol. The monoisotopic (exact) mass is 327 g/mol. The Morgan fingerprint density at radius 2 is 1.96 bits per heavy atom. The van der Waals surface area contributed by atoms with E-state index in [0.29, 0.717) is 33.8 Å². The largest absolute Gasteiger partial charge is 0.375 e. The molecular weight excluding hydrogens is 314 g/mol. The highest BCUT2D eigenvalue weighted by molar-refractivity contribution is 6.32. The van der Waals surface area contributed by atoms with Crippen molar-refractivity contribution in [3.05, 3.63) is 63.7 Å². The summed E-state index contributed by atoms with van der Waals surface area (Å²) in [6, 6.07) is 10.5. The number of amides is 1. The molecule has 0 fully saturated rings. The fraction of sp³-hybridized carbons (Fsp3) is 0.222. The van der Waals surface area contributed by atoms with E-state index in [4.69, 9.17) is 11.6 Å². The van der Waals surface area contributed by atoms with Crippen molar-refractivity contribution in [2.45, 2.75) is 18.9 Å². The van der Waals surface area contributed by atoms with Crippen molar-refractivity contribution in [1.29, 1.82) is 0 Å². The van der Waals surface area contributed by atoms with Gasteiger partial charge in [-0.1, -0.05) is 41.9 Å². The quantitative estimate of drug-likeness (QED) is 0.846. The number of carbonyl (C=O) groups excluding carboxylic acids is 2. The van der Waals surface area contributed by atoms with Gasteiger partial charge < -0.3 is 10.4 Å². The van der Waals surface area contributed by atoms with Crippen LogP contribution in [0.15, 0.2) is 36.4 Å². The first-order chi connectivity index (χ1) is 10.9. The summed E-state index contributed by atoms with van der Waals surface area (Å²) in [5, 5.41) is 14.4. The molecule has 5 heteroatoms. The maximum Gasteiger partial charge on any atom is 0.261 e. The van der Waals surface area contributed by atoms with Gasteiger partial charge in [0.05, 0.1) is 11.6 Å². The Balaban J connectivity index is 1.87. The molecule has 23 heavy (non-hydrogen) atoms. The van der Waals surface area contributed by atoms with Crippen LogP contribution in [0.25, 0.3) is 0 Å². The van der Waals surface area contributed by atoms with Crippen molar-refractivity contribution in [2.75, 3.05) is 5.32 Å². The second-order valence-electron chi connectivity index (χ2n) is 6.09. The smallest absolute Gasteiger partial charge is 0.261 e. The van der Waals surface area contributed by atoms with Gasteiger partial charge >= 0.3 is 0 Å². The van der Waals surface area contributed by atoms with Crippen molar-refractivity contribution in [1.82, 2.24) is 0 Å². The number of aliphatic hydroxyl groups is 1. The van der Waals surface area contributed by atoms with Gasteiger partial charge in [0.2, 0.25) is 0 Å². The molecule has 4 nitrogen and oxygen atoms in total. The van der Waals surface area contributed by atoms with E-state index >= 15 is 0 Å². The molecule has 0 saturated carbocycles. The Bertz CT molecular complexity index is 877. The third-order valence-corrected chi connectivity index (χ3v) is 5.33. The van der Waals surface area contributed by atoms with Gasteiger partial charge in [-0.2, -0.15) is 0 Å². The van der Waals surface area contributed by atoms with Crippen LogP contribution in [0.3, 0.4) is 0 Å². The van der Waals surface area contributed by atoms with E-state index in [1.807, 2.05) is 12.1 Å². The van der Waals surface area contributed by atoms with Crippen LogP contribution in [0, 0.1) is 12.8 Å². The zero-order chi connectivity index (χ0) is 16.4. The van der Waals surface area contributed by atoms with Crippen molar-refractivity contribution in [3.8, 4) is 0 Å². The Labute approximate surface area is 138 Å². The fourth-order valence-corrected chi connectivity index (χ4v) is 3.78. The second-order valence-corrected chi connectivity index (χ2v) is 6.50. The van der Waals surface area contributed by atoms with Crippen LogP contribution in [0.4, 0.5) is 5.69 Å². The molecule has 0 saturated heterocycles. The number of nitrogens with one attached hydrogen (secondary N) is 1. The van der Waals surface area contributed by atoms with E-state index in [1.165, 1.54) is 0 Å². The number of anilines is 1. The molecule has 1 aliphatic carbocycles. The normalized spacial score (nSPS) is 25.3. The Hall–Kier alpha value is -2.17. The Morgan fingerprint density at radius 1 is 1.22 bits per heavy atom. The van der Waals surface area contributed by atoms with Crippen LogP contribution in [-0.2, 0) is 16.8 Å². The standard InChI is InChI=1S/C18H14ClNO3/c1-9-14(19)7-6-12-15(9)20-17(22)18(12,23)13-8-10-4-2-3-5-11(10)16(13)21/h2-7,13,23H,8H2,1H3,(H,20,22)/t13-,18-/m0/s1. The lowest BCUT2D eigenvalue weighted by molar-refractivity contribution is -0.137. The zero-order valence-electron chi connectivity index (χ0n) is 12.4. The Kier molecular flexibility index (Phi) is 2.92. The molecule has 1 aliphatic heterocycles. The summed E-state index contributed by atoms with van der Waals surface area (Å²) >= 11 is 6.09. The number of fused-ring (bicyclic) bond motifs is 2. The number of hydrogen-bond acceptors (Lipinski definition) is 3. The number of benzene rings is 2. The number of halogens is 1. The Morgan fingerprint density at radius 3 is 2.70 bits per heavy atom. The molecule has 116 valence electrons. The van der Waals surface area contributed by atoms with Gasteiger partial charge in [0.15, 0.2) is 11.4 Å². The lowest BCUT2D eigenvalue weighted by atomic mass is 9.79. The maximum atomic E-state index is 12.7. The SMILES string of the molecule is Cc1c(Cl)ccc2c1NC(=O)[C@@]2(O)[C@H]1Cc2ccccc2C1=O. The lowest BCUT2D eigenvalue weighted by Crippen LogP contribution is -2.44. The van der Waals surface area contributed by atoms with E-state index in [-0.39, 0.29) is 5.78 Å². The van der Waals surface area contributed by atoms with Crippen LogP contribution >= 0.6 is 11.6 Å². The zero-order valence-corrected chi connectivity index (χ0v) is 13.1. The van der Waals surface area contributed by atoms with Crippen LogP contribution in [-0.4, -0.2) is 16.8 Å². The summed E-state index contributed by atoms with van der Waals surface area (Å²) in [6.45, 7) is 1.78. The summed E-state index contributed by atoms with van der Waals surface area (Å²) in [5.41, 5.74) is 1.21. The first-order valence-electron chi connectivity index (χ1n) is 7.40. The van der Waals surface area contributed by atoms with E-state index < -0.39 is 17.4 Å². The number of hydrogen-bond donors (Lipinski definition) is 2. The molecule has 2 aromatic carbocycles. The fourth-order valence-electron chi connectivity index (χ4n) is 3.62. The van der Waals surface area contributed by atoms with E-state index in [1.54, 1.807) is 31.2 Å². The highest BCUT2D eigenvalue weighted by atomic mass is 35.5. The third kappa shape index (κ3) is 1.76. The molecule has 4 rings (SSSR count). The number of ketones is 1. The summed E-state index contributed by atoms with van der Waals surface area (Å²) in [7, 11) is 0. The molecule has 2 aliphatic rings. The molecule has 0 unspecified atom stereocenters. The molecule has 0 spiro atoms. The molecule has 0 aromatic heterocycles. The molecular formula is C18H14ClNO3. The van der Waals surface area contributed by atoms with Crippen LogP contribution in [0.5, 0.6) is 0 Å². The summed E-state index contributed by atoms with van der Waals surface area (Å²) < 4.78 is 0. The minimum absolute atomic E-state index is 0.196. The summed E-state index contributed by atoms with van der Waals surface area (Å²) in [4.78, 5) is 25.3. The summed E-state index contributed by atoms with van der Waals surface area (Å²) in [5.74, 6) is -1.58. The molecule has 1 heterocycles. The van der Waals surface area contributed by atoms with Gasteiger partial charge in [0.25, 0.3) is 5.91 Å². The molecule has 2 aromatic rings. The highest BCUT2D eigenvalue weighted by Gasteiger charge is 2.56. The minimum Gasteiger partial charge on any atom is -0.375 e. The lowest BCUT2D eigenvalue weighted by Gasteiger charge is -2.26. The van der Waals surface area contributed by atoms with E-state index in [0.717, 1.165) is 5.56 Å². The molecule has 2 atom stereocenters. The minimum atomic E-state index is -1.86. The molecule has 0 radical (unpaired) electrons. The first-order valence-corrected chi connectivity index (χ1v) is 7.78. The topological polar surface area (TPSA) is 66.4 Å². The van der Waals surface area contributed by atoms with Gasteiger partial charge in [0, 0.05) is 16.1 Å². The molecule has 2 N–H and O–H groups in total. The molecule has 1 amide bonds. The van der Waals surface area contributed by atoms with Crippen molar-refractivity contribution in [2.24, 2.45) is 5.92 Å². The van der Waals surface area contributed by atoms with Crippen LogP contribution < -0.4 is 5.32 Å². The summed E-state index contributed by atoms with van der Waals surface area (Å²) in [6.07, 6.45) is 0.347. The van der Waals surface area contributed by atoms with Crippen LogP contribution in [0.2, 0.25) is 5.02 Å². The van der Waals surface area contributed by atoms with Crippen molar-refractivity contribution < 1.29 is 14.7 Å². The van der Waals surface area contributed by atoms with E-state index in [9.17, 15) is 14.7 Å². The van der Waals surface area contributed by atoms with Gasteiger partial charge in [-0.15, -0.1) is 0 Å². The van der Waals surface area contributed by atoms with E-state index in [2.05, 4.69) is 5.32 Å². The third-order valence-electron chi connectivity index (χ3n) is 4.92. The number of Topliss-reactive ketones (excluding diaryl/α,β-unsaturated/α-hetero) is 1. The highest BCUT2D eigenvalue weighted by Crippen LogP contribution is 2.48. The van der Waals surface area contributed by atoms with Crippen molar-refractivity contribution in [3.63, 3.8) is 0 Å².